The van der Waals surface area contributed by atoms with Crippen LogP contribution in [-0.2, 0) is 6.54 Å². The van der Waals surface area contributed by atoms with E-state index in [9.17, 15) is 5.11 Å². The van der Waals surface area contributed by atoms with E-state index in [1.807, 2.05) is 19.2 Å². The predicted octanol–water partition coefficient (Wildman–Crippen LogP) is 3.20. The molecule has 1 aromatic carbocycles. The molecule has 0 fully saturated rings. The zero-order valence-electron chi connectivity index (χ0n) is 11.3. The maximum absolute atomic E-state index is 9.33. The van der Waals surface area contributed by atoms with E-state index in [0.29, 0.717) is 0 Å². The van der Waals surface area contributed by atoms with E-state index in [1.54, 1.807) is 0 Å². The lowest BCUT2D eigenvalue weighted by Crippen LogP contribution is -2.22. The van der Waals surface area contributed by atoms with Gasteiger partial charge >= 0.3 is 0 Å². The molecule has 2 aromatic rings. The molecule has 19 heavy (non-hydrogen) atoms. The van der Waals surface area contributed by atoms with Crippen molar-refractivity contribution in [2.75, 3.05) is 13.6 Å². The number of hydrogen-bond donors (Lipinski definition) is 1. The monoisotopic (exact) mass is 322 g/mol. The third kappa shape index (κ3) is 3.75. The standard InChI is InChI=1S/C15H19BrN2O/c1-11(19)7-9-18(2)10-12-5-6-14(16)13-4-3-8-17-15(12)13/h3-6,8,11,19H,7,9-10H2,1-2H3/t11-/m1/s1. The molecule has 0 aliphatic rings. The number of halogens is 1. The van der Waals surface area contributed by atoms with Crippen molar-refractivity contribution in [3.63, 3.8) is 0 Å². The SMILES string of the molecule is C[C@@H](O)CCN(C)Cc1ccc(Br)c2cccnc12. The van der Waals surface area contributed by atoms with Gasteiger partial charge < -0.3 is 10.0 Å². The Kier molecular flexibility index (Phi) is 4.91. The average Bonchev–Trinajstić information content (AvgIpc) is 2.40. The number of rotatable bonds is 5. The molecule has 0 saturated heterocycles. The van der Waals surface area contributed by atoms with Crippen LogP contribution in [0.5, 0.6) is 0 Å². The third-order valence-corrected chi connectivity index (χ3v) is 3.86. The van der Waals surface area contributed by atoms with Gasteiger partial charge in [0, 0.05) is 29.1 Å². The van der Waals surface area contributed by atoms with Gasteiger partial charge in [-0.15, -0.1) is 0 Å². The zero-order valence-corrected chi connectivity index (χ0v) is 12.9. The summed E-state index contributed by atoms with van der Waals surface area (Å²) in [6.45, 7) is 3.54. The lowest BCUT2D eigenvalue weighted by molar-refractivity contribution is 0.163. The molecule has 1 heterocycles. The molecule has 4 heteroatoms. The Labute approximate surface area is 122 Å². The van der Waals surface area contributed by atoms with Crippen molar-refractivity contribution in [1.29, 1.82) is 0 Å². The molecule has 1 aromatic heterocycles. The second kappa shape index (κ2) is 6.46. The summed E-state index contributed by atoms with van der Waals surface area (Å²) in [4.78, 5) is 6.70. The van der Waals surface area contributed by atoms with Gasteiger partial charge in [-0.1, -0.05) is 28.1 Å². The molecule has 102 valence electrons. The van der Waals surface area contributed by atoms with Crippen molar-refractivity contribution in [2.24, 2.45) is 0 Å². The molecule has 0 aliphatic heterocycles. The van der Waals surface area contributed by atoms with E-state index in [2.05, 4.69) is 51.1 Å². The summed E-state index contributed by atoms with van der Waals surface area (Å²) >= 11 is 3.56. The summed E-state index contributed by atoms with van der Waals surface area (Å²) in [5.74, 6) is 0. The highest BCUT2D eigenvalue weighted by molar-refractivity contribution is 9.10. The Morgan fingerprint density at radius 2 is 2.16 bits per heavy atom. The molecular formula is C15H19BrN2O. The van der Waals surface area contributed by atoms with Crippen LogP contribution in [0.2, 0.25) is 0 Å². The second-order valence-corrected chi connectivity index (χ2v) is 5.84. The lowest BCUT2D eigenvalue weighted by atomic mass is 10.1. The number of fused-ring (bicyclic) bond motifs is 1. The fourth-order valence-electron chi connectivity index (χ4n) is 2.10. The number of hydrogen-bond acceptors (Lipinski definition) is 3. The van der Waals surface area contributed by atoms with Gasteiger partial charge in [-0.05, 0) is 38.1 Å². The van der Waals surface area contributed by atoms with Crippen LogP contribution in [0.3, 0.4) is 0 Å². The molecule has 1 atom stereocenters. The zero-order chi connectivity index (χ0) is 13.8. The highest BCUT2D eigenvalue weighted by Gasteiger charge is 2.08. The first-order valence-electron chi connectivity index (χ1n) is 6.46. The van der Waals surface area contributed by atoms with Crippen LogP contribution in [0.1, 0.15) is 18.9 Å². The van der Waals surface area contributed by atoms with Crippen LogP contribution in [0.4, 0.5) is 0 Å². The minimum Gasteiger partial charge on any atom is -0.393 e. The lowest BCUT2D eigenvalue weighted by Gasteiger charge is -2.18. The summed E-state index contributed by atoms with van der Waals surface area (Å²) < 4.78 is 1.07. The molecule has 0 aliphatic carbocycles. The summed E-state index contributed by atoms with van der Waals surface area (Å²) in [6.07, 6.45) is 2.37. The largest absolute Gasteiger partial charge is 0.393 e. The van der Waals surface area contributed by atoms with Gasteiger partial charge in [0.05, 0.1) is 11.6 Å². The van der Waals surface area contributed by atoms with Crippen LogP contribution < -0.4 is 0 Å². The van der Waals surface area contributed by atoms with Crippen molar-refractivity contribution in [2.45, 2.75) is 26.0 Å². The molecule has 0 spiro atoms. The summed E-state index contributed by atoms with van der Waals surface area (Å²) in [5, 5.41) is 10.5. The topological polar surface area (TPSA) is 36.4 Å². The summed E-state index contributed by atoms with van der Waals surface area (Å²) in [5.41, 5.74) is 2.26. The maximum Gasteiger partial charge on any atom is 0.0758 e. The molecule has 3 nitrogen and oxygen atoms in total. The predicted molar refractivity (Wildman–Crippen MR) is 82.1 cm³/mol. The van der Waals surface area contributed by atoms with Gasteiger partial charge in [0.25, 0.3) is 0 Å². The molecule has 0 bridgehead atoms. The molecule has 0 amide bonds. The van der Waals surface area contributed by atoms with Gasteiger partial charge in [0.2, 0.25) is 0 Å². The highest BCUT2D eigenvalue weighted by atomic mass is 79.9. The van der Waals surface area contributed by atoms with E-state index in [4.69, 9.17) is 0 Å². The minimum absolute atomic E-state index is 0.248. The number of aliphatic hydroxyl groups excluding tert-OH is 1. The molecule has 0 radical (unpaired) electrons. The van der Waals surface area contributed by atoms with Crippen molar-refractivity contribution < 1.29 is 5.11 Å². The third-order valence-electron chi connectivity index (χ3n) is 3.17. The first kappa shape index (κ1) is 14.4. The Hall–Kier alpha value is -0.970. The van der Waals surface area contributed by atoms with Gasteiger partial charge in [-0.25, -0.2) is 0 Å². The number of pyridine rings is 1. The Morgan fingerprint density at radius 1 is 1.37 bits per heavy atom. The normalized spacial score (nSPS) is 13.1. The first-order valence-corrected chi connectivity index (χ1v) is 7.26. The van der Waals surface area contributed by atoms with Gasteiger partial charge in [0.15, 0.2) is 0 Å². The van der Waals surface area contributed by atoms with Gasteiger partial charge in [0.1, 0.15) is 0 Å². The quantitative estimate of drug-likeness (QED) is 0.918. The van der Waals surface area contributed by atoms with Crippen LogP contribution in [-0.4, -0.2) is 34.7 Å². The fourth-order valence-corrected chi connectivity index (χ4v) is 2.55. The van der Waals surface area contributed by atoms with Crippen molar-refractivity contribution in [1.82, 2.24) is 9.88 Å². The number of nitrogens with zero attached hydrogens (tertiary/aromatic N) is 2. The summed E-state index contributed by atoms with van der Waals surface area (Å²) in [6, 6.07) is 8.21. The molecule has 0 unspecified atom stereocenters. The van der Waals surface area contributed by atoms with Crippen LogP contribution in [0, 0.1) is 0 Å². The number of aliphatic hydroxyl groups is 1. The Morgan fingerprint density at radius 3 is 2.89 bits per heavy atom. The van der Waals surface area contributed by atoms with E-state index in [1.165, 1.54) is 5.56 Å². The average molecular weight is 323 g/mol. The van der Waals surface area contributed by atoms with Crippen molar-refractivity contribution in [3.8, 4) is 0 Å². The smallest absolute Gasteiger partial charge is 0.0758 e. The minimum atomic E-state index is -0.248. The van der Waals surface area contributed by atoms with Gasteiger partial charge in [-0.3, -0.25) is 4.98 Å². The number of benzene rings is 1. The van der Waals surface area contributed by atoms with E-state index in [-0.39, 0.29) is 6.10 Å². The van der Waals surface area contributed by atoms with Crippen LogP contribution >= 0.6 is 15.9 Å². The maximum atomic E-state index is 9.33. The van der Waals surface area contributed by atoms with E-state index >= 15 is 0 Å². The van der Waals surface area contributed by atoms with Crippen molar-refractivity contribution >= 4 is 26.8 Å². The fraction of sp³-hybridized carbons (Fsp3) is 0.400. The van der Waals surface area contributed by atoms with Crippen LogP contribution in [0.15, 0.2) is 34.9 Å². The van der Waals surface area contributed by atoms with E-state index in [0.717, 1.165) is 34.9 Å². The van der Waals surface area contributed by atoms with Crippen LogP contribution in [0.25, 0.3) is 10.9 Å². The highest BCUT2D eigenvalue weighted by Crippen LogP contribution is 2.25. The molecule has 1 N–H and O–H groups in total. The van der Waals surface area contributed by atoms with Gasteiger partial charge in [-0.2, -0.15) is 0 Å². The van der Waals surface area contributed by atoms with Crippen molar-refractivity contribution in [3.05, 3.63) is 40.5 Å². The van der Waals surface area contributed by atoms with E-state index < -0.39 is 0 Å². The molecule has 0 saturated carbocycles. The number of aromatic nitrogens is 1. The summed E-state index contributed by atoms with van der Waals surface area (Å²) in [7, 11) is 2.07. The molecular weight excluding hydrogens is 304 g/mol. The second-order valence-electron chi connectivity index (χ2n) is 4.98. The first-order chi connectivity index (χ1) is 9.08. The Balaban J connectivity index is 2.19. The Bertz CT molecular complexity index is 557. The molecule has 2 rings (SSSR count).